The van der Waals surface area contributed by atoms with Crippen LogP contribution in [0.5, 0.6) is 0 Å². The van der Waals surface area contributed by atoms with E-state index in [2.05, 4.69) is 77.7 Å². The van der Waals surface area contributed by atoms with Crippen LogP contribution in [-0.4, -0.2) is 23.7 Å². The molecule has 3 nitrogen and oxygen atoms in total. The van der Waals surface area contributed by atoms with Gasteiger partial charge < -0.3 is 10.0 Å². The van der Waals surface area contributed by atoms with Gasteiger partial charge >= 0.3 is 5.97 Å². The molecule has 0 saturated carbocycles. The Morgan fingerprint density at radius 3 is 2.45 bits per heavy atom. The van der Waals surface area contributed by atoms with Crippen LogP contribution in [0.2, 0.25) is 0 Å². The summed E-state index contributed by atoms with van der Waals surface area (Å²) in [6.45, 7) is 2.59. The number of hydrogen-bond acceptors (Lipinski definition) is 2. The first kappa shape index (κ1) is 17.7. The van der Waals surface area contributed by atoms with Crippen molar-refractivity contribution >= 4 is 11.7 Å². The average molecular weight is 381 g/mol. The molecule has 0 aromatic heterocycles. The number of fused-ring (bicyclic) bond motifs is 3. The fraction of sp³-hybridized carbons (Fsp3) is 0.192. The van der Waals surface area contributed by atoms with Crippen molar-refractivity contribution in [3.05, 3.63) is 102 Å². The highest BCUT2D eigenvalue weighted by Gasteiger charge is 2.38. The lowest BCUT2D eigenvalue weighted by Crippen LogP contribution is -2.48. The van der Waals surface area contributed by atoms with E-state index in [1.54, 1.807) is 0 Å². The van der Waals surface area contributed by atoms with Gasteiger partial charge in [0, 0.05) is 24.1 Å². The molecule has 0 radical (unpaired) electrons. The normalized spacial score (nSPS) is 22.2. The lowest BCUT2D eigenvalue weighted by Gasteiger charge is -2.37. The topological polar surface area (TPSA) is 40.5 Å². The Morgan fingerprint density at radius 2 is 1.66 bits per heavy atom. The minimum Gasteiger partial charge on any atom is -0.480 e. The van der Waals surface area contributed by atoms with Crippen LogP contribution in [-0.2, 0) is 4.79 Å². The van der Waals surface area contributed by atoms with E-state index in [9.17, 15) is 9.90 Å². The van der Waals surface area contributed by atoms with Crippen LogP contribution in [0, 0.1) is 5.92 Å². The molecule has 0 spiro atoms. The number of nitrogens with zero attached hydrogens (tertiary/aromatic N) is 1. The second-order valence-corrected chi connectivity index (χ2v) is 7.89. The highest BCUT2D eigenvalue weighted by Crippen LogP contribution is 2.52. The first-order chi connectivity index (χ1) is 14.2. The number of aliphatic carboxylic acids is 1. The molecule has 3 heteroatoms. The van der Waals surface area contributed by atoms with Crippen LogP contribution < -0.4 is 4.90 Å². The Balaban J connectivity index is 1.74. The zero-order valence-corrected chi connectivity index (χ0v) is 16.3. The van der Waals surface area contributed by atoms with Gasteiger partial charge in [-0.3, -0.25) is 0 Å². The summed E-state index contributed by atoms with van der Waals surface area (Å²) in [5.41, 5.74) is 7.21. The molecule has 0 bridgehead atoms. The fourth-order valence-corrected chi connectivity index (χ4v) is 4.98. The minimum absolute atomic E-state index is 0.0453. The monoisotopic (exact) mass is 381 g/mol. The number of anilines is 1. The number of hydrogen-bond donors (Lipinski definition) is 1. The van der Waals surface area contributed by atoms with Gasteiger partial charge in [0.2, 0.25) is 0 Å². The third-order valence-corrected chi connectivity index (χ3v) is 6.20. The zero-order valence-electron chi connectivity index (χ0n) is 16.3. The van der Waals surface area contributed by atoms with Gasteiger partial charge in [-0.1, -0.05) is 85.8 Å². The highest BCUT2D eigenvalue weighted by molar-refractivity contribution is 5.88. The van der Waals surface area contributed by atoms with E-state index in [1.807, 2.05) is 19.1 Å². The number of carbonyl (C=O) groups is 1. The number of carboxylic acid groups (broad SMARTS) is 1. The zero-order chi connectivity index (χ0) is 20.0. The lowest BCUT2D eigenvalue weighted by atomic mass is 9.87. The van der Waals surface area contributed by atoms with Gasteiger partial charge in [0.25, 0.3) is 0 Å². The quantitative estimate of drug-likeness (QED) is 0.489. The summed E-state index contributed by atoms with van der Waals surface area (Å²) in [6.07, 6.45) is 4.10. The van der Waals surface area contributed by atoms with Crippen molar-refractivity contribution in [2.75, 3.05) is 11.4 Å². The molecular formula is C26H23NO2. The van der Waals surface area contributed by atoms with Gasteiger partial charge in [-0.2, -0.15) is 0 Å². The number of benzene rings is 3. The molecule has 1 N–H and O–H groups in total. The van der Waals surface area contributed by atoms with E-state index in [0.29, 0.717) is 6.54 Å². The molecule has 1 aliphatic carbocycles. The van der Waals surface area contributed by atoms with Crippen LogP contribution in [0.3, 0.4) is 0 Å². The van der Waals surface area contributed by atoms with Gasteiger partial charge in [0.05, 0.1) is 0 Å². The Labute approximate surface area is 170 Å². The Hall–Kier alpha value is -3.33. The lowest BCUT2D eigenvalue weighted by molar-refractivity contribution is -0.139. The van der Waals surface area contributed by atoms with Crippen molar-refractivity contribution in [1.29, 1.82) is 0 Å². The Morgan fingerprint density at radius 1 is 0.931 bits per heavy atom. The van der Waals surface area contributed by atoms with E-state index in [1.165, 1.54) is 27.8 Å². The van der Waals surface area contributed by atoms with E-state index >= 15 is 0 Å². The molecule has 0 fully saturated rings. The van der Waals surface area contributed by atoms with Crippen molar-refractivity contribution in [3.63, 3.8) is 0 Å². The van der Waals surface area contributed by atoms with Crippen molar-refractivity contribution in [1.82, 2.24) is 0 Å². The number of rotatable bonds is 3. The van der Waals surface area contributed by atoms with Gasteiger partial charge in [-0.05, 0) is 33.9 Å². The molecule has 0 saturated heterocycles. The van der Waals surface area contributed by atoms with Crippen LogP contribution in [0.4, 0.5) is 5.69 Å². The van der Waals surface area contributed by atoms with Crippen molar-refractivity contribution in [2.24, 2.45) is 5.92 Å². The summed E-state index contributed by atoms with van der Waals surface area (Å²) in [4.78, 5) is 14.2. The molecule has 1 unspecified atom stereocenters. The maximum absolute atomic E-state index is 12.1. The standard InChI is InChI=1S/C26H23NO2/c1-17-9-8-16-27(25(17)26(28)29)22-15-7-14-21-19-12-5-6-13-20(19)23(24(21)22)18-10-3-2-4-11-18/h2-15,17,23,25H,16H2,1H3,(H,28,29)/t17-,23?,25-/m1/s1. The van der Waals surface area contributed by atoms with E-state index in [0.717, 1.165) is 5.69 Å². The first-order valence-corrected chi connectivity index (χ1v) is 10.1. The molecule has 29 heavy (non-hydrogen) atoms. The summed E-state index contributed by atoms with van der Waals surface area (Å²) in [5, 5.41) is 9.97. The van der Waals surface area contributed by atoms with Crippen LogP contribution in [0.25, 0.3) is 11.1 Å². The molecule has 2 aliphatic rings. The molecular weight excluding hydrogens is 358 g/mol. The van der Waals surface area contributed by atoms with Gasteiger partial charge in [0.1, 0.15) is 6.04 Å². The summed E-state index contributed by atoms with van der Waals surface area (Å²) in [7, 11) is 0. The minimum atomic E-state index is -0.772. The predicted octanol–water partition coefficient (Wildman–Crippen LogP) is 5.31. The summed E-state index contributed by atoms with van der Waals surface area (Å²) in [5.74, 6) is -0.712. The summed E-state index contributed by atoms with van der Waals surface area (Å²) < 4.78 is 0. The predicted molar refractivity (Wildman–Crippen MR) is 116 cm³/mol. The Bertz CT molecular complexity index is 1100. The SMILES string of the molecule is C[C@@H]1C=CCN(c2cccc3c2C(c2ccccc2)c2ccccc2-3)[C@H]1C(=O)O. The summed E-state index contributed by atoms with van der Waals surface area (Å²) >= 11 is 0. The van der Waals surface area contributed by atoms with E-state index < -0.39 is 12.0 Å². The van der Waals surface area contributed by atoms with Gasteiger partial charge in [0.15, 0.2) is 0 Å². The van der Waals surface area contributed by atoms with E-state index in [4.69, 9.17) is 0 Å². The van der Waals surface area contributed by atoms with Crippen molar-refractivity contribution in [2.45, 2.75) is 18.9 Å². The summed E-state index contributed by atoms with van der Waals surface area (Å²) in [6, 6.07) is 24.8. The third-order valence-electron chi connectivity index (χ3n) is 6.20. The maximum atomic E-state index is 12.1. The van der Waals surface area contributed by atoms with Crippen LogP contribution in [0.15, 0.2) is 84.9 Å². The third kappa shape index (κ3) is 2.77. The second kappa shape index (κ2) is 6.93. The van der Waals surface area contributed by atoms with Gasteiger partial charge in [-0.15, -0.1) is 0 Å². The molecule has 0 amide bonds. The maximum Gasteiger partial charge on any atom is 0.326 e. The molecule has 1 heterocycles. The van der Waals surface area contributed by atoms with Crippen LogP contribution in [0.1, 0.15) is 29.5 Å². The van der Waals surface area contributed by atoms with Gasteiger partial charge in [-0.25, -0.2) is 4.79 Å². The van der Waals surface area contributed by atoms with E-state index in [-0.39, 0.29) is 11.8 Å². The average Bonchev–Trinajstić information content (AvgIpc) is 3.08. The van der Waals surface area contributed by atoms with Crippen molar-refractivity contribution in [3.8, 4) is 11.1 Å². The molecule has 5 rings (SSSR count). The second-order valence-electron chi connectivity index (χ2n) is 7.89. The molecule has 144 valence electrons. The van der Waals surface area contributed by atoms with Crippen molar-refractivity contribution < 1.29 is 9.90 Å². The molecule has 3 aromatic rings. The Kier molecular flexibility index (Phi) is 4.24. The fourth-order valence-electron chi connectivity index (χ4n) is 4.98. The smallest absolute Gasteiger partial charge is 0.326 e. The molecule has 3 aromatic carbocycles. The first-order valence-electron chi connectivity index (χ1n) is 10.1. The molecule has 1 aliphatic heterocycles. The largest absolute Gasteiger partial charge is 0.480 e. The molecule has 3 atom stereocenters. The number of carboxylic acids is 1. The van der Waals surface area contributed by atoms with Crippen LogP contribution >= 0.6 is 0 Å². The highest BCUT2D eigenvalue weighted by atomic mass is 16.4.